The number of hydrogen-bond donors (Lipinski definition) is 0. The first-order chi connectivity index (χ1) is 9.06. The van der Waals surface area contributed by atoms with Crippen molar-refractivity contribution in [2.45, 2.75) is 31.8 Å². The summed E-state index contributed by atoms with van der Waals surface area (Å²) in [6.45, 7) is 3.57. The zero-order valence-corrected chi connectivity index (χ0v) is 11.9. The molecule has 0 spiro atoms. The number of ether oxygens (including phenoxy) is 2. The molecule has 0 radical (unpaired) electrons. The molecule has 0 aliphatic rings. The number of hydrogen-bond acceptors (Lipinski definition) is 6. The fraction of sp³-hybridized carbons (Fsp3) is 0.500. The van der Waals surface area contributed by atoms with Crippen LogP contribution in [0.5, 0.6) is 0 Å². The molecule has 1 aromatic rings. The second kappa shape index (κ2) is 7.31. The predicted octanol–water partition coefficient (Wildman–Crippen LogP) is 1.18. The van der Waals surface area contributed by atoms with Crippen molar-refractivity contribution in [2.75, 3.05) is 13.9 Å². The number of pyridine rings is 1. The molecule has 104 valence electrons. The van der Waals surface area contributed by atoms with E-state index in [1.807, 2.05) is 13.0 Å². The lowest BCUT2D eigenvalue weighted by molar-refractivity contribution is -0.0400. The van der Waals surface area contributed by atoms with Crippen molar-refractivity contribution in [3.8, 4) is 6.07 Å². The summed E-state index contributed by atoms with van der Waals surface area (Å²) in [7, 11) is 1.47. The molecular weight excluding hydrogens is 268 g/mol. The van der Waals surface area contributed by atoms with Crippen molar-refractivity contribution in [1.82, 2.24) is 4.98 Å². The van der Waals surface area contributed by atoms with Crippen molar-refractivity contribution < 1.29 is 18.2 Å². The van der Waals surface area contributed by atoms with E-state index < -0.39 is 11.1 Å². The van der Waals surface area contributed by atoms with E-state index in [4.69, 9.17) is 14.7 Å². The summed E-state index contributed by atoms with van der Waals surface area (Å²) < 4.78 is 32.7. The van der Waals surface area contributed by atoms with Gasteiger partial charge in [0, 0.05) is 18.4 Å². The molecule has 0 aliphatic carbocycles. The second-order valence-electron chi connectivity index (χ2n) is 3.78. The van der Waals surface area contributed by atoms with E-state index in [0.717, 1.165) is 0 Å². The third-order valence-electron chi connectivity index (χ3n) is 2.57. The maximum atomic E-state index is 11.4. The van der Waals surface area contributed by atoms with E-state index in [2.05, 4.69) is 4.98 Å². The summed E-state index contributed by atoms with van der Waals surface area (Å²) in [6, 6.07) is 1.88. The summed E-state index contributed by atoms with van der Waals surface area (Å²) in [4.78, 5) is 4.24. The lowest BCUT2D eigenvalue weighted by atomic mass is 10.1. The SMILES string of the molecule is CCc1nc(C)c(C#N)c(S(=O)[O-])c1COCOC. The number of aryl methyl sites for hydroxylation is 2. The molecule has 6 nitrogen and oxygen atoms in total. The smallest absolute Gasteiger partial charge is 0.146 e. The molecule has 0 saturated carbocycles. The number of nitrogens with zero attached hydrogens (tertiary/aromatic N) is 2. The Bertz CT molecular complexity index is 525. The van der Waals surface area contributed by atoms with Gasteiger partial charge in [0.05, 0.1) is 22.8 Å². The standard InChI is InChI=1S/C12H16N2O4S/c1-4-11-10(6-18-7-17-3)12(19(15)16)9(5-13)8(2)14-11/h4,6-7H2,1-3H3,(H,15,16)/p-1. The van der Waals surface area contributed by atoms with Crippen molar-refractivity contribution in [1.29, 1.82) is 5.26 Å². The summed E-state index contributed by atoms with van der Waals surface area (Å²) in [5.41, 5.74) is 1.53. The van der Waals surface area contributed by atoms with Crippen LogP contribution in [-0.4, -0.2) is 27.6 Å². The number of aromatic nitrogens is 1. The van der Waals surface area contributed by atoms with Gasteiger partial charge < -0.3 is 14.0 Å². The fourth-order valence-electron chi connectivity index (χ4n) is 1.76. The molecule has 1 atom stereocenters. The van der Waals surface area contributed by atoms with Crippen LogP contribution in [0.2, 0.25) is 0 Å². The van der Waals surface area contributed by atoms with Gasteiger partial charge in [0.15, 0.2) is 0 Å². The fourth-order valence-corrected chi connectivity index (χ4v) is 2.49. The normalized spacial score (nSPS) is 12.2. The van der Waals surface area contributed by atoms with Gasteiger partial charge in [-0.3, -0.25) is 9.19 Å². The molecule has 0 aliphatic heterocycles. The molecule has 1 unspecified atom stereocenters. The molecule has 19 heavy (non-hydrogen) atoms. The summed E-state index contributed by atoms with van der Waals surface area (Å²) in [6.07, 6.45) is 0.558. The first-order valence-electron chi connectivity index (χ1n) is 5.65. The Morgan fingerprint density at radius 2 is 2.21 bits per heavy atom. The van der Waals surface area contributed by atoms with Gasteiger partial charge in [0.2, 0.25) is 0 Å². The third kappa shape index (κ3) is 3.58. The van der Waals surface area contributed by atoms with Crippen LogP contribution in [0.4, 0.5) is 0 Å². The Hall–Kier alpha value is -1.33. The van der Waals surface area contributed by atoms with Crippen LogP contribution in [0.3, 0.4) is 0 Å². The second-order valence-corrected chi connectivity index (χ2v) is 4.66. The van der Waals surface area contributed by atoms with Gasteiger partial charge in [-0.15, -0.1) is 0 Å². The van der Waals surface area contributed by atoms with Crippen LogP contribution in [-0.2, 0) is 33.6 Å². The van der Waals surface area contributed by atoms with E-state index >= 15 is 0 Å². The molecule has 7 heteroatoms. The molecule has 0 N–H and O–H groups in total. The van der Waals surface area contributed by atoms with Crippen LogP contribution in [0.1, 0.15) is 29.4 Å². The van der Waals surface area contributed by atoms with Gasteiger partial charge >= 0.3 is 0 Å². The zero-order valence-electron chi connectivity index (χ0n) is 11.1. The van der Waals surface area contributed by atoms with Crippen molar-refractivity contribution in [3.63, 3.8) is 0 Å². The molecular formula is C12H15N2O4S-. The van der Waals surface area contributed by atoms with Crippen molar-refractivity contribution in [2.24, 2.45) is 0 Å². The Morgan fingerprint density at radius 3 is 2.68 bits per heavy atom. The monoisotopic (exact) mass is 283 g/mol. The largest absolute Gasteiger partial charge is 0.768 e. The maximum absolute atomic E-state index is 11.4. The van der Waals surface area contributed by atoms with Crippen LogP contribution >= 0.6 is 0 Å². The minimum atomic E-state index is -2.51. The summed E-state index contributed by atoms with van der Waals surface area (Å²) in [5, 5.41) is 9.08. The molecule has 0 fully saturated rings. The Morgan fingerprint density at radius 1 is 1.53 bits per heavy atom. The first-order valence-corrected chi connectivity index (χ1v) is 6.72. The minimum Gasteiger partial charge on any atom is -0.768 e. The van der Waals surface area contributed by atoms with Gasteiger partial charge in [0.25, 0.3) is 0 Å². The lowest BCUT2D eigenvalue weighted by Crippen LogP contribution is -2.11. The Balaban J connectivity index is 3.38. The third-order valence-corrected chi connectivity index (χ3v) is 3.36. The quantitative estimate of drug-likeness (QED) is 0.442. The van der Waals surface area contributed by atoms with Gasteiger partial charge in [-0.1, -0.05) is 6.92 Å². The maximum Gasteiger partial charge on any atom is 0.146 e. The van der Waals surface area contributed by atoms with Gasteiger partial charge in [-0.05, 0) is 24.4 Å². The highest BCUT2D eigenvalue weighted by molar-refractivity contribution is 7.79. The Labute approximate surface area is 114 Å². The molecule has 0 bridgehead atoms. The van der Waals surface area contributed by atoms with Crippen LogP contribution < -0.4 is 0 Å². The predicted molar refractivity (Wildman–Crippen MR) is 66.9 cm³/mol. The van der Waals surface area contributed by atoms with E-state index in [0.29, 0.717) is 23.4 Å². The van der Waals surface area contributed by atoms with Crippen molar-refractivity contribution >= 4 is 11.1 Å². The zero-order chi connectivity index (χ0) is 14.4. The minimum absolute atomic E-state index is 0.0250. The topological polar surface area (TPSA) is 95.3 Å². The average molecular weight is 283 g/mol. The molecule has 1 heterocycles. The van der Waals surface area contributed by atoms with Crippen LogP contribution in [0.25, 0.3) is 0 Å². The average Bonchev–Trinajstić information content (AvgIpc) is 2.39. The molecule has 1 aromatic heterocycles. The highest BCUT2D eigenvalue weighted by atomic mass is 32.2. The molecule has 0 aromatic carbocycles. The van der Waals surface area contributed by atoms with E-state index in [9.17, 15) is 8.76 Å². The number of rotatable bonds is 6. The summed E-state index contributed by atoms with van der Waals surface area (Å²) in [5.74, 6) is 0. The van der Waals surface area contributed by atoms with Gasteiger partial charge in [0.1, 0.15) is 12.9 Å². The van der Waals surface area contributed by atoms with E-state index in [1.165, 1.54) is 7.11 Å². The van der Waals surface area contributed by atoms with Crippen LogP contribution in [0, 0.1) is 18.3 Å². The van der Waals surface area contributed by atoms with E-state index in [1.54, 1.807) is 6.92 Å². The summed E-state index contributed by atoms with van der Waals surface area (Å²) >= 11 is -2.51. The molecule has 1 rings (SSSR count). The molecule has 0 amide bonds. The van der Waals surface area contributed by atoms with E-state index in [-0.39, 0.29) is 23.9 Å². The van der Waals surface area contributed by atoms with Crippen LogP contribution in [0.15, 0.2) is 4.90 Å². The molecule has 0 saturated heterocycles. The highest BCUT2D eigenvalue weighted by Gasteiger charge is 2.17. The highest BCUT2D eigenvalue weighted by Crippen LogP contribution is 2.24. The Kier molecular flexibility index (Phi) is 6.05. The van der Waals surface area contributed by atoms with Crippen molar-refractivity contribution in [3.05, 3.63) is 22.5 Å². The van der Waals surface area contributed by atoms with Gasteiger partial charge in [-0.25, -0.2) is 0 Å². The number of methoxy groups -OCH3 is 1. The first kappa shape index (κ1) is 15.7. The van der Waals surface area contributed by atoms with Gasteiger partial charge in [-0.2, -0.15) is 5.26 Å². The number of nitriles is 1. The lowest BCUT2D eigenvalue weighted by Gasteiger charge is -2.18.